The Bertz CT molecular complexity index is 1660. The molecule has 12 heteroatoms. The van der Waals surface area contributed by atoms with Gasteiger partial charge < -0.3 is 20.1 Å². The van der Waals surface area contributed by atoms with Crippen molar-refractivity contribution >= 4 is 23.3 Å². The number of hydrogen-bond donors (Lipinski definition) is 2. The Morgan fingerprint density at radius 1 is 0.951 bits per heavy atom. The van der Waals surface area contributed by atoms with Crippen LogP contribution in [0.4, 0.5) is 24.7 Å². The van der Waals surface area contributed by atoms with Crippen LogP contribution in [0.25, 0.3) is 5.69 Å². The molecule has 2 N–H and O–H groups in total. The second-order valence-electron chi connectivity index (χ2n) is 8.98. The summed E-state index contributed by atoms with van der Waals surface area (Å²) < 4.78 is 55.3. The van der Waals surface area contributed by atoms with Crippen LogP contribution in [0.2, 0.25) is 0 Å². The number of aromatic nitrogens is 2. The Morgan fingerprint density at radius 3 is 2.37 bits per heavy atom. The Hall–Kier alpha value is -5.13. The molecular weight excluding hydrogens is 541 g/mol. The van der Waals surface area contributed by atoms with Crippen molar-refractivity contribution in [1.82, 2.24) is 9.55 Å². The maximum atomic E-state index is 15.0. The second-order valence-corrected chi connectivity index (χ2v) is 8.98. The van der Waals surface area contributed by atoms with Crippen LogP contribution < -0.4 is 25.7 Å². The molecule has 0 saturated heterocycles. The van der Waals surface area contributed by atoms with Gasteiger partial charge in [-0.15, -0.1) is 0 Å². The van der Waals surface area contributed by atoms with E-state index in [0.29, 0.717) is 6.07 Å². The number of amides is 2. The lowest BCUT2D eigenvalue weighted by Crippen LogP contribution is -2.29. The van der Waals surface area contributed by atoms with Crippen LogP contribution in [-0.4, -0.2) is 28.0 Å². The number of nitrogens with zero attached hydrogens (tertiary/aromatic N) is 2. The summed E-state index contributed by atoms with van der Waals surface area (Å²) in [5.74, 6) is -4.58. The first kappa shape index (κ1) is 28.9. The molecule has 212 valence electrons. The molecule has 4 rings (SSSR count). The summed E-state index contributed by atoms with van der Waals surface area (Å²) in [6, 6.07) is 10.5. The van der Waals surface area contributed by atoms with E-state index in [-0.39, 0.29) is 41.4 Å². The number of halogens is 3. The van der Waals surface area contributed by atoms with Gasteiger partial charge in [-0.05, 0) is 43.3 Å². The fraction of sp³-hybridized carbons (Fsp3) is 0.172. The normalized spacial score (nSPS) is 10.8. The van der Waals surface area contributed by atoms with Crippen molar-refractivity contribution < 1.29 is 32.2 Å². The van der Waals surface area contributed by atoms with Crippen molar-refractivity contribution in [2.45, 2.75) is 20.8 Å². The first-order valence-electron chi connectivity index (χ1n) is 12.5. The van der Waals surface area contributed by atoms with Crippen molar-refractivity contribution in [1.29, 1.82) is 0 Å². The SMILES string of the molecule is CCOc1ccn(-c2ccc(F)cc2)c(=O)c1C(=O)Nc1cc(F)c(Oc2ccnc(NC(=O)C(C)C)c2)cc1F. The largest absolute Gasteiger partial charge is 0.493 e. The molecule has 0 spiro atoms. The van der Waals surface area contributed by atoms with E-state index in [1.807, 2.05) is 0 Å². The molecule has 4 aromatic rings. The first-order valence-corrected chi connectivity index (χ1v) is 12.5. The number of carbonyl (C=O) groups is 2. The van der Waals surface area contributed by atoms with E-state index in [1.165, 1.54) is 42.7 Å². The number of rotatable bonds is 9. The Balaban J connectivity index is 1.60. The van der Waals surface area contributed by atoms with E-state index in [4.69, 9.17) is 9.47 Å². The van der Waals surface area contributed by atoms with Gasteiger partial charge in [-0.1, -0.05) is 13.8 Å². The molecule has 0 radical (unpaired) electrons. The fourth-order valence-electron chi connectivity index (χ4n) is 3.64. The molecule has 0 aliphatic heterocycles. The average Bonchev–Trinajstić information content (AvgIpc) is 2.92. The van der Waals surface area contributed by atoms with Gasteiger partial charge in [0, 0.05) is 42.2 Å². The molecular formula is C29H25F3N4O5. The molecule has 2 aromatic heterocycles. The molecule has 2 amide bonds. The zero-order valence-electron chi connectivity index (χ0n) is 22.2. The summed E-state index contributed by atoms with van der Waals surface area (Å²) in [5, 5.41) is 4.78. The van der Waals surface area contributed by atoms with Gasteiger partial charge in [0.15, 0.2) is 17.4 Å². The van der Waals surface area contributed by atoms with Gasteiger partial charge >= 0.3 is 0 Å². The number of benzene rings is 2. The van der Waals surface area contributed by atoms with E-state index in [0.717, 1.165) is 22.8 Å². The smallest absolute Gasteiger partial charge is 0.271 e. The van der Waals surface area contributed by atoms with E-state index in [9.17, 15) is 27.6 Å². The Morgan fingerprint density at radius 2 is 1.68 bits per heavy atom. The van der Waals surface area contributed by atoms with Crippen molar-refractivity contribution in [2.24, 2.45) is 5.92 Å². The van der Waals surface area contributed by atoms with Gasteiger partial charge in [-0.2, -0.15) is 0 Å². The van der Waals surface area contributed by atoms with Crippen LogP contribution in [-0.2, 0) is 4.79 Å². The van der Waals surface area contributed by atoms with E-state index in [2.05, 4.69) is 15.6 Å². The van der Waals surface area contributed by atoms with Crippen LogP contribution >= 0.6 is 0 Å². The zero-order valence-corrected chi connectivity index (χ0v) is 22.2. The maximum Gasteiger partial charge on any atom is 0.271 e. The first-order chi connectivity index (χ1) is 19.6. The van der Waals surface area contributed by atoms with E-state index >= 15 is 0 Å². The molecule has 9 nitrogen and oxygen atoms in total. The van der Waals surface area contributed by atoms with Crippen molar-refractivity contribution in [3.63, 3.8) is 0 Å². The summed E-state index contributed by atoms with van der Waals surface area (Å²) in [4.78, 5) is 42.3. The highest BCUT2D eigenvalue weighted by Crippen LogP contribution is 2.30. The van der Waals surface area contributed by atoms with Gasteiger partial charge in [0.05, 0.1) is 12.3 Å². The Labute approximate surface area is 232 Å². The van der Waals surface area contributed by atoms with Gasteiger partial charge in [0.25, 0.3) is 11.5 Å². The summed E-state index contributed by atoms with van der Waals surface area (Å²) in [7, 11) is 0. The third-order valence-corrected chi connectivity index (χ3v) is 5.69. The third kappa shape index (κ3) is 6.72. The summed E-state index contributed by atoms with van der Waals surface area (Å²) in [6.45, 7) is 5.16. The van der Waals surface area contributed by atoms with E-state index in [1.54, 1.807) is 20.8 Å². The number of ether oxygens (including phenoxy) is 2. The lowest BCUT2D eigenvalue weighted by molar-refractivity contribution is -0.118. The molecule has 2 heterocycles. The highest BCUT2D eigenvalue weighted by Gasteiger charge is 2.22. The van der Waals surface area contributed by atoms with Crippen LogP contribution in [0.1, 0.15) is 31.1 Å². The predicted molar refractivity (Wildman–Crippen MR) is 145 cm³/mol. The number of anilines is 2. The van der Waals surface area contributed by atoms with Crippen molar-refractivity contribution in [3.8, 4) is 22.9 Å². The summed E-state index contributed by atoms with van der Waals surface area (Å²) in [5.41, 5.74) is -1.57. The minimum atomic E-state index is -1.05. The third-order valence-electron chi connectivity index (χ3n) is 5.69. The van der Waals surface area contributed by atoms with Gasteiger partial charge in [0.2, 0.25) is 5.91 Å². The number of carbonyl (C=O) groups excluding carboxylic acids is 2. The molecule has 2 aromatic carbocycles. The monoisotopic (exact) mass is 566 g/mol. The second kappa shape index (κ2) is 12.4. The molecule has 0 atom stereocenters. The van der Waals surface area contributed by atoms with Gasteiger partial charge in [-0.25, -0.2) is 18.2 Å². The van der Waals surface area contributed by atoms with Crippen molar-refractivity contribution in [2.75, 3.05) is 17.2 Å². The number of nitrogens with one attached hydrogen (secondary N) is 2. The molecule has 0 unspecified atom stereocenters. The van der Waals surface area contributed by atoms with Crippen LogP contribution in [0.3, 0.4) is 0 Å². The number of pyridine rings is 2. The number of hydrogen-bond acceptors (Lipinski definition) is 6. The minimum absolute atomic E-state index is 0.0705. The molecule has 41 heavy (non-hydrogen) atoms. The maximum absolute atomic E-state index is 15.0. The predicted octanol–water partition coefficient (Wildman–Crippen LogP) is 5.69. The summed E-state index contributed by atoms with van der Waals surface area (Å²) in [6.07, 6.45) is 2.67. The van der Waals surface area contributed by atoms with Crippen LogP contribution in [0.15, 0.2) is 71.8 Å². The standard InChI is InChI=1S/C29H25F3N4O5/c1-4-40-23-10-12-36(18-7-5-17(30)6-8-18)29(39)26(23)28(38)34-22-14-21(32)24(15-20(22)31)41-19-9-11-33-25(13-19)35-27(37)16(2)3/h5-16H,4H2,1-3H3,(H,34,38)(H,33,35,37). The minimum Gasteiger partial charge on any atom is -0.493 e. The molecule has 0 fully saturated rings. The highest BCUT2D eigenvalue weighted by molar-refractivity contribution is 6.06. The van der Waals surface area contributed by atoms with E-state index < -0.39 is 45.9 Å². The van der Waals surface area contributed by atoms with Crippen LogP contribution in [0.5, 0.6) is 17.2 Å². The van der Waals surface area contributed by atoms with Gasteiger partial charge in [-0.3, -0.25) is 19.0 Å². The van der Waals surface area contributed by atoms with Crippen molar-refractivity contribution in [3.05, 3.63) is 100 Å². The topological polar surface area (TPSA) is 112 Å². The fourth-order valence-corrected chi connectivity index (χ4v) is 3.64. The molecule has 0 aliphatic rings. The molecule has 0 bridgehead atoms. The quantitative estimate of drug-likeness (QED) is 0.269. The lowest BCUT2D eigenvalue weighted by atomic mass is 10.2. The van der Waals surface area contributed by atoms with Crippen LogP contribution in [0, 0.1) is 23.4 Å². The lowest BCUT2D eigenvalue weighted by Gasteiger charge is -2.14. The summed E-state index contributed by atoms with van der Waals surface area (Å²) >= 11 is 0. The molecule has 0 saturated carbocycles. The Kier molecular flexibility index (Phi) is 8.71. The van der Waals surface area contributed by atoms with Gasteiger partial charge in [0.1, 0.15) is 28.7 Å². The average molecular weight is 567 g/mol. The zero-order chi connectivity index (χ0) is 29.7. The highest BCUT2D eigenvalue weighted by atomic mass is 19.1. The molecule has 0 aliphatic carbocycles.